The highest BCUT2D eigenvalue weighted by Crippen LogP contribution is 2.43. The van der Waals surface area contributed by atoms with Crippen molar-refractivity contribution < 1.29 is 14.3 Å². The maximum Gasteiger partial charge on any atom is 0.248 e. The monoisotopic (exact) mass is 308 g/mol. The molecule has 1 aliphatic carbocycles. The lowest BCUT2D eigenvalue weighted by atomic mass is 9.77. The number of hydrogen-bond acceptors (Lipinski definition) is 4. The Kier molecular flexibility index (Phi) is 4.13. The Hall–Kier alpha value is -0.650. The lowest BCUT2D eigenvalue weighted by Crippen LogP contribution is -2.68. The number of nitrogens with zero attached hydrogens (tertiary/aromatic N) is 2. The van der Waals surface area contributed by atoms with Gasteiger partial charge >= 0.3 is 0 Å². The molecule has 4 rings (SSSR count). The largest absolute Gasteiger partial charge is 0.372 e. The predicted octanol–water partition coefficient (Wildman–Crippen LogP) is 1.27. The smallest absolute Gasteiger partial charge is 0.248 e. The van der Waals surface area contributed by atoms with Crippen molar-refractivity contribution in [3.8, 4) is 0 Å². The van der Waals surface area contributed by atoms with Crippen molar-refractivity contribution in [2.24, 2.45) is 5.92 Å². The van der Waals surface area contributed by atoms with Crippen molar-refractivity contribution in [3.05, 3.63) is 0 Å². The van der Waals surface area contributed by atoms with Gasteiger partial charge in [-0.05, 0) is 32.1 Å². The third-order valence-corrected chi connectivity index (χ3v) is 6.14. The highest BCUT2D eigenvalue weighted by molar-refractivity contribution is 5.77. The van der Waals surface area contributed by atoms with Crippen LogP contribution in [0.1, 0.15) is 38.5 Å². The first-order valence-electron chi connectivity index (χ1n) is 9.00. The summed E-state index contributed by atoms with van der Waals surface area (Å²) in [5.74, 6) is 0.630. The molecule has 3 heterocycles. The number of hydrogen-bond donors (Lipinski definition) is 0. The molecule has 4 fully saturated rings. The fourth-order valence-corrected chi connectivity index (χ4v) is 4.37. The zero-order valence-corrected chi connectivity index (χ0v) is 13.5. The fraction of sp³-hybridized carbons (Fsp3) is 0.941. The molecule has 3 saturated heterocycles. The number of carbonyl (C=O) groups is 1. The maximum absolute atomic E-state index is 12.0. The lowest BCUT2D eigenvalue weighted by Gasteiger charge is -2.55. The summed E-state index contributed by atoms with van der Waals surface area (Å²) in [6.45, 7) is 5.76. The van der Waals surface area contributed by atoms with Crippen LogP contribution in [0.4, 0.5) is 0 Å². The lowest BCUT2D eigenvalue weighted by molar-refractivity contribution is -0.165. The molecular formula is C17H28N2O3. The van der Waals surface area contributed by atoms with Gasteiger partial charge in [-0.3, -0.25) is 9.69 Å². The van der Waals surface area contributed by atoms with E-state index in [1.54, 1.807) is 0 Å². The van der Waals surface area contributed by atoms with Gasteiger partial charge in [0, 0.05) is 44.7 Å². The molecule has 22 heavy (non-hydrogen) atoms. The van der Waals surface area contributed by atoms with E-state index in [-0.39, 0.29) is 18.1 Å². The molecule has 1 saturated carbocycles. The van der Waals surface area contributed by atoms with Crippen molar-refractivity contribution in [2.75, 3.05) is 46.0 Å². The first-order chi connectivity index (χ1) is 10.8. The molecule has 0 N–H and O–H groups in total. The topological polar surface area (TPSA) is 42.0 Å². The first kappa shape index (κ1) is 14.9. The standard InChI is InChI=1S/C17H28N2O3/c20-16(18-7-1-2-8-18)11-21-10-14-6-9-22-17(14)12-19(13-17)15-4-3-5-15/h14-15H,1-13H2. The first-order valence-corrected chi connectivity index (χ1v) is 9.00. The Morgan fingerprint density at radius 3 is 2.59 bits per heavy atom. The summed E-state index contributed by atoms with van der Waals surface area (Å²) in [4.78, 5) is 16.5. The van der Waals surface area contributed by atoms with Crippen LogP contribution in [0.25, 0.3) is 0 Å². The van der Waals surface area contributed by atoms with Crippen LogP contribution in [-0.2, 0) is 14.3 Å². The Morgan fingerprint density at radius 1 is 1.14 bits per heavy atom. The molecule has 4 aliphatic rings. The summed E-state index contributed by atoms with van der Waals surface area (Å²) in [7, 11) is 0. The third kappa shape index (κ3) is 2.68. The summed E-state index contributed by atoms with van der Waals surface area (Å²) in [5.41, 5.74) is 0.0340. The Bertz CT molecular complexity index is 412. The molecule has 1 atom stereocenters. The van der Waals surface area contributed by atoms with Crippen LogP contribution >= 0.6 is 0 Å². The van der Waals surface area contributed by atoms with Crippen LogP contribution in [0.3, 0.4) is 0 Å². The van der Waals surface area contributed by atoms with E-state index >= 15 is 0 Å². The average molecular weight is 308 g/mol. The van der Waals surface area contributed by atoms with Crippen molar-refractivity contribution in [3.63, 3.8) is 0 Å². The van der Waals surface area contributed by atoms with Gasteiger partial charge in [-0.15, -0.1) is 0 Å². The molecule has 0 radical (unpaired) electrons. The van der Waals surface area contributed by atoms with Crippen molar-refractivity contribution in [1.82, 2.24) is 9.80 Å². The number of ether oxygens (including phenoxy) is 2. The second-order valence-corrected chi connectivity index (χ2v) is 7.49. The zero-order valence-electron chi connectivity index (χ0n) is 13.5. The van der Waals surface area contributed by atoms with Gasteiger partial charge in [0.1, 0.15) is 6.61 Å². The van der Waals surface area contributed by atoms with E-state index < -0.39 is 0 Å². The molecule has 0 bridgehead atoms. The van der Waals surface area contributed by atoms with Crippen LogP contribution < -0.4 is 0 Å². The minimum atomic E-state index is 0.0340. The van der Waals surface area contributed by atoms with Crippen LogP contribution in [0.2, 0.25) is 0 Å². The summed E-state index contributed by atoms with van der Waals surface area (Å²) < 4.78 is 11.8. The molecular weight excluding hydrogens is 280 g/mol. The van der Waals surface area contributed by atoms with Crippen LogP contribution in [-0.4, -0.2) is 73.3 Å². The van der Waals surface area contributed by atoms with E-state index in [0.717, 1.165) is 58.1 Å². The molecule has 1 amide bonds. The third-order valence-electron chi connectivity index (χ3n) is 6.14. The number of likely N-dealkylation sites (tertiary alicyclic amines) is 2. The van der Waals surface area contributed by atoms with Crippen molar-refractivity contribution >= 4 is 5.91 Å². The van der Waals surface area contributed by atoms with Gasteiger partial charge in [-0.1, -0.05) is 6.42 Å². The molecule has 0 aromatic rings. The number of rotatable bonds is 5. The quantitative estimate of drug-likeness (QED) is 0.767. The van der Waals surface area contributed by atoms with Crippen LogP contribution in [0.15, 0.2) is 0 Å². The van der Waals surface area contributed by atoms with Crippen LogP contribution in [0, 0.1) is 5.92 Å². The minimum absolute atomic E-state index is 0.0340. The summed E-state index contributed by atoms with van der Waals surface area (Å²) in [5, 5.41) is 0. The summed E-state index contributed by atoms with van der Waals surface area (Å²) in [6.07, 6.45) is 7.48. The normalized spacial score (nSPS) is 31.5. The average Bonchev–Trinajstić information content (AvgIpc) is 3.05. The zero-order chi connectivity index (χ0) is 15.0. The molecule has 1 unspecified atom stereocenters. The van der Waals surface area contributed by atoms with E-state index in [1.165, 1.54) is 19.3 Å². The van der Waals surface area contributed by atoms with E-state index in [4.69, 9.17) is 9.47 Å². The second kappa shape index (κ2) is 6.10. The van der Waals surface area contributed by atoms with Crippen molar-refractivity contribution in [1.29, 1.82) is 0 Å². The maximum atomic E-state index is 12.0. The summed E-state index contributed by atoms with van der Waals surface area (Å²) in [6, 6.07) is 0.813. The number of amides is 1. The van der Waals surface area contributed by atoms with E-state index in [0.29, 0.717) is 12.5 Å². The van der Waals surface area contributed by atoms with Crippen molar-refractivity contribution in [2.45, 2.75) is 50.2 Å². The molecule has 5 nitrogen and oxygen atoms in total. The van der Waals surface area contributed by atoms with Gasteiger partial charge in [0.25, 0.3) is 0 Å². The Labute approximate surface area is 132 Å². The minimum Gasteiger partial charge on any atom is -0.372 e. The molecule has 124 valence electrons. The van der Waals surface area contributed by atoms with Gasteiger partial charge < -0.3 is 14.4 Å². The molecule has 1 spiro atoms. The fourth-order valence-electron chi connectivity index (χ4n) is 4.37. The SMILES string of the molecule is O=C(COCC1CCOC12CN(C1CCC1)C2)N1CCCC1. The van der Waals surface area contributed by atoms with E-state index in [2.05, 4.69) is 4.90 Å². The Balaban J connectivity index is 1.21. The second-order valence-electron chi connectivity index (χ2n) is 7.49. The van der Waals surface area contributed by atoms with Crippen LogP contribution in [0.5, 0.6) is 0 Å². The predicted molar refractivity (Wildman–Crippen MR) is 82.6 cm³/mol. The highest BCUT2D eigenvalue weighted by Gasteiger charge is 2.54. The molecule has 0 aromatic carbocycles. The van der Waals surface area contributed by atoms with Gasteiger partial charge in [0.15, 0.2) is 0 Å². The van der Waals surface area contributed by atoms with Gasteiger partial charge in [-0.25, -0.2) is 0 Å². The van der Waals surface area contributed by atoms with Gasteiger partial charge in [0.05, 0.1) is 12.2 Å². The number of carbonyl (C=O) groups excluding carboxylic acids is 1. The van der Waals surface area contributed by atoms with E-state index in [1.807, 2.05) is 4.90 Å². The Morgan fingerprint density at radius 2 is 1.91 bits per heavy atom. The summed E-state index contributed by atoms with van der Waals surface area (Å²) >= 11 is 0. The van der Waals surface area contributed by atoms with E-state index in [9.17, 15) is 4.79 Å². The molecule has 0 aromatic heterocycles. The highest BCUT2D eigenvalue weighted by atomic mass is 16.5. The van der Waals surface area contributed by atoms with Gasteiger partial charge in [0.2, 0.25) is 5.91 Å². The molecule has 3 aliphatic heterocycles. The molecule has 5 heteroatoms. The van der Waals surface area contributed by atoms with Gasteiger partial charge in [-0.2, -0.15) is 0 Å².